The summed E-state index contributed by atoms with van der Waals surface area (Å²) in [5.74, 6) is 0.722. The van der Waals surface area contributed by atoms with Gasteiger partial charge >= 0.3 is 0 Å². The highest BCUT2D eigenvalue weighted by Gasteiger charge is 2.17. The van der Waals surface area contributed by atoms with E-state index in [4.69, 9.17) is 32.6 Å². The summed E-state index contributed by atoms with van der Waals surface area (Å²) >= 11 is 12.3. The molecule has 0 atom stereocenters. The molecule has 0 radical (unpaired) electrons. The molecule has 40 heavy (non-hydrogen) atoms. The Morgan fingerprint density at radius 1 is 0.850 bits per heavy atom. The molecule has 0 saturated heterocycles. The molecule has 0 unspecified atom stereocenters. The summed E-state index contributed by atoms with van der Waals surface area (Å²) in [4.78, 5) is 18.5. The van der Waals surface area contributed by atoms with Crippen molar-refractivity contribution >= 4 is 62.2 Å². The quantitative estimate of drug-likeness (QED) is 0.199. The Morgan fingerprint density at radius 3 is 2.45 bits per heavy atom. The third-order valence-electron chi connectivity index (χ3n) is 6.85. The van der Waals surface area contributed by atoms with E-state index in [1.165, 1.54) is 4.68 Å². The molecule has 0 amide bonds. The summed E-state index contributed by atoms with van der Waals surface area (Å²) in [5.41, 5.74) is 3.95. The lowest BCUT2D eigenvalue weighted by atomic mass is 10.2. The number of rotatable bonds is 5. The maximum Gasteiger partial charge on any atom is 0.282 e. The molecule has 8 heteroatoms. The standard InChI is InChI=1S/C32H20Cl2N4O2/c33-23-11-9-20(10-12-23)18-37-19-22(25-5-2-4-8-28(25)37)17-35-38-31(36-27-7-3-1-6-26(27)32(38)39)30-16-21-15-24(34)13-14-29(21)40-30/h1-17,19H,18H2. The first-order valence-corrected chi connectivity index (χ1v) is 13.4. The van der Waals surface area contributed by atoms with Crippen molar-refractivity contribution in [2.45, 2.75) is 6.54 Å². The van der Waals surface area contributed by atoms with Crippen molar-refractivity contribution in [2.24, 2.45) is 5.10 Å². The number of hydrogen-bond acceptors (Lipinski definition) is 4. The predicted molar refractivity (Wildman–Crippen MR) is 162 cm³/mol. The molecule has 0 aliphatic heterocycles. The zero-order valence-corrected chi connectivity index (χ0v) is 22.5. The van der Waals surface area contributed by atoms with Crippen molar-refractivity contribution in [1.82, 2.24) is 14.2 Å². The van der Waals surface area contributed by atoms with Crippen LogP contribution in [0.5, 0.6) is 0 Å². The molecule has 4 aromatic carbocycles. The molecule has 0 spiro atoms. The van der Waals surface area contributed by atoms with Gasteiger partial charge in [0.05, 0.1) is 17.1 Å². The highest BCUT2D eigenvalue weighted by molar-refractivity contribution is 6.31. The average Bonchev–Trinajstić information content (AvgIpc) is 3.55. The lowest BCUT2D eigenvalue weighted by molar-refractivity contribution is 0.616. The van der Waals surface area contributed by atoms with Gasteiger partial charge in [-0.25, -0.2) is 4.98 Å². The van der Waals surface area contributed by atoms with Gasteiger partial charge in [0, 0.05) is 44.6 Å². The Hall–Kier alpha value is -4.65. The number of furan rings is 1. The summed E-state index contributed by atoms with van der Waals surface area (Å²) in [7, 11) is 0. The van der Waals surface area contributed by atoms with Crippen LogP contribution in [0.1, 0.15) is 11.1 Å². The highest BCUT2D eigenvalue weighted by Crippen LogP contribution is 2.29. The minimum absolute atomic E-state index is 0.291. The van der Waals surface area contributed by atoms with Gasteiger partial charge in [-0.05, 0) is 60.2 Å². The summed E-state index contributed by atoms with van der Waals surface area (Å²) in [6, 6.07) is 30.3. The molecule has 7 aromatic rings. The first-order chi connectivity index (χ1) is 19.5. The van der Waals surface area contributed by atoms with Crippen LogP contribution < -0.4 is 5.56 Å². The number of benzene rings is 4. The van der Waals surface area contributed by atoms with Gasteiger partial charge in [-0.3, -0.25) is 4.79 Å². The van der Waals surface area contributed by atoms with E-state index in [9.17, 15) is 4.79 Å². The monoisotopic (exact) mass is 562 g/mol. The molecular formula is C32H20Cl2N4O2. The first kappa shape index (κ1) is 24.4. The van der Waals surface area contributed by atoms with Crippen LogP contribution in [0, 0.1) is 0 Å². The Bertz CT molecular complexity index is 2140. The van der Waals surface area contributed by atoms with E-state index in [1.54, 1.807) is 30.5 Å². The van der Waals surface area contributed by atoms with Crippen LogP contribution in [0.4, 0.5) is 0 Å². The van der Waals surface area contributed by atoms with Crippen LogP contribution in [0.15, 0.2) is 118 Å². The van der Waals surface area contributed by atoms with Crippen LogP contribution in [0.25, 0.3) is 44.4 Å². The van der Waals surface area contributed by atoms with Gasteiger partial charge in [0.2, 0.25) is 5.82 Å². The molecule has 0 bridgehead atoms. The number of nitrogens with zero attached hydrogens (tertiary/aromatic N) is 4. The predicted octanol–water partition coefficient (Wildman–Crippen LogP) is 8.00. The Balaban J connectivity index is 1.37. The van der Waals surface area contributed by atoms with Crippen molar-refractivity contribution in [3.63, 3.8) is 0 Å². The minimum atomic E-state index is -0.291. The topological polar surface area (TPSA) is 65.3 Å². The fraction of sp³-hybridized carbons (Fsp3) is 0.0312. The third-order valence-corrected chi connectivity index (χ3v) is 7.34. The van der Waals surface area contributed by atoms with Gasteiger partial charge in [-0.15, -0.1) is 0 Å². The molecule has 0 N–H and O–H groups in total. The SMILES string of the molecule is O=c1c2ccccc2nc(-c2cc3cc(Cl)ccc3o2)n1N=Cc1cn(Cc2ccc(Cl)cc2)c2ccccc12. The summed E-state index contributed by atoms with van der Waals surface area (Å²) < 4.78 is 9.54. The molecule has 0 fully saturated rings. The molecule has 0 aliphatic rings. The van der Waals surface area contributed by atoms with E-state index in [2.05, 4.69) is 15.7 Å². The van der Waals surface area contributed by atoms with E-state index in [0.717, 1.165) is 27.4 Å². The van der Waals surface area contributed by atoms with Crippen LogP contribution in [-0.4, -0.2) is 20.4 Å². The van der Waals surface area contributed by atoms with Crippen molar-refractivity contribution < 1.29 is 4.42 Å². The van der Waals surface area contributed by atoms with E-state index in [1.807, 2.05) is 72.9 Å². The number of fused-ring (bicyclic) bond motifs is 3. The molecule has 6 nitrogen and oxygen atoms in total. The lowest BCUT2D eigenvalue weighted by Gasteiger charge is -2.07. The van der Waals surface area contributed by atoms with Crippen LogP contribution in [0.3, 0.4) is 0 Å². The van der Waals surface area contributed by atoms with E-state index in [0.29, 0.717) is 44.7 Å². The van der Waals surface area contributed by atoms with Crippen molar-refractivity contribution in [3.05, 3.63) is 135 Å². The number of aromatic nitrogens is 3. The Kier molecular flexibility index (Phi) is 5.99. The summed E-state index contributed by atoms with van der Waals surface area (Å²) in [6.45, 7) is 0.662. The number of para-hydroxylation sites is 2. The van der Waals surface area contributed by atoms with Gasteiger partial charge in [-0.1, -0.05) is 65.7 Å². The number of hydrogen-bond donors (Lipinski definition) is 0. The van der Waals surface area contributed by atoms with Crippen molar-refractivity contribution in [2.75, 3.05) is 0 Å². The van der Waals surface area contributed by atoms with Crippen LogP contribution in [-0.2, 0) is 6.54 Å². The third kappa shape index (κ3) is 4.37. The molecule has 194 valence electrons. The molecule has 7 rings (SSSR count). The van der Waals surface area contributed by atoms with Crippen LogP contribution >= 0.6 is 23.2 Å². The van der Waals surface area contributed by atoms with Crippen LogP contribution in [0.2, 0.25) is 10.0 Å². The normalized spacial score (nSPS) is 11.8. The molecule has 0 aliphatic carbocycles. The largest absolute Gasteiger partial charge is 0.453 e. The zero-order valence-electron chi connectivity index (χ0n) is 21.0. The maximum atomic E-state index is 13.7. The first-order valence-electron chi connectivity index (χ1n) is 12.6. The second-order valence-electron chi connectivity index (χ2n) is 9.46. The minimum Gasteiger partial charge on any atom is -0.453 e. The Morgan fingerprint density at radius 2 is 1.60 bits per heavy atom. The van der Waals surface area contributed by atoms with Gasteiger partial charge in [0.1, 0.15) is 5.58 Å². The molecule has 3 aromatic heterocycles. The van der Waals surface area contributed by atoms with Gasteiger partial charge in [0.15, 0.2) is 5.76 Å². The van der Waals surface area contributed by atoms with E-state index < -0.39 is 0 Å². The molecule has 3 heterocycles. The maximum absolute atomic E-state index is 13.7. The van der Waals surface area contributed by atoms with Crippen molar-refractivity contribution in [3.8, 4) is 11.6 Å². The number of halogens is 2. The van der Waals surface area contributed by atoms with E-state index >= 15 is 0 Å². The van der Waals surface area contributed by atoms with Gasteiger partial charge < -0.3 is 8.98 Å². The highest BCUT2D eigenvalue weighted by atomic mass is 35.5. The fourth-order valence-electron chi connectivity index (χ4n) is 4.93. The smallest absolute Gasteiger partial charge is 0.282 e. The van der Waals surface area contributed by atoms with Crippen molar-refractivity contribution in [1.29, 1.82) is 0 Å². The molecule has 0 saturated carbocycles. The summed E-state index contributed by atoms with van der Waals surface area (Å²) in [6.07, 6.45) is 3.73. The molecular weight excluding hydrogens is 543 g/mol. The fourth-order valence-corrected chi connectivity index (χ4v) is 5.24. The second kappa shape index (κ2) is 9.83. The summed E-state index contributed by atoms with van der Waals surface area (Å²) in [5, 5.41) is 8.26. The lowest BCUT2D eigenvalue weighted by Crippen LogP contribution is -2.20. The van der Waals surface area contributed by atoms with Gasteiger partial charge in [-0.2, -0.15) is 9.78 Å². The van der Waals surface area contributed by atoms with E-state index in [-0.39, 0.29) is 5.56 Å². The second-order valence-corrected chi connectivity index (χ2v) is 10.3. The average molecular weight is 563 g/mol. The zero-order chi connectivity index (χ0) is 27.2. The van der Waals surface area contributed by atoms with Gasteiger partial charge in [0.25, 0.3) is 5.56 Å². The Labute approximate surface area is 238 Å².